The van der Waals surface area contributed by atoms with E-state index in [1.54, 1.807) is 23.1 Å². The number of aliphatic hydroxyl groups excluding tert-OH is 1. The monoisotopic (exact) mass is 362 g/mol. The third kappa shape index (κ3) is 3.26. The van der Waals surface area contributed by atoms with E-state index in [2.05, 4.69) is 17.1 Å². The fraction of sp³-hybridized carbons (Fsp3) is 0.273. The molecule has 2 N–H and O–H groups in total. The van der Waals surface area contributed by atoms with Gasteiger partial charge in [0, 0.05) is 30.2 Å². The number of carbonyl (C=O) groups is 1. The third-order valence-corrected chi connectivity index (χ3v) is 5.45. The Kier molecular flexibility index (Phi) is 4.77. The summed E-state index contributed by atoms with van der Waals surface area (Å²) in [5.74, 6) is 0.233. The number of nitrogens with one attached hydrogen (secondary N) is 1. The highest BCUT2D eigenvalue weighted by molar-refractivity contribution is 5.97. The van der Waals surface area contributed by atoms with Crippen LogP contribution in [0.15, 0.2) is 59.5 Å². The first-order chi connectivity index (χ1) is 13.2. The number of amides is 1. The lowest BCUT2D eigenvalue weighted by Crippen LogP contribution is -2.40. The SMILES string of the molecule is O=C(c1c[nH]c2c(CO)cccc2c1=O)N1CCC(c2ccccc2)CC1. The van der Waals surface area contributed by atoms with Gasteiger partial charge in [0.05, 0.1) is 12.1 Å². The first-order valence-electron chi connectivity index (χ1n) is 9.27. The first kappa shape index (κ1) is 17.5. The van der Waals surface area contributed by atoms with Crippen LogP contribution in [0.25, 0.3) is 10.9 Å². The van der Waals surface area contributed by atoms with Crippen molar-refractivity contribution in [2.45, 2.75) is 25.4 Å². The van der Waals surface area contributed by atoms with Crippen LogP contribution in [0.4, 0.5) is 0 Å². The molecule has 1 saturated heterocycles. The second kappa shape index (κ2) is 7.37. The van der Waals surface area contributed by atoms with Crippen molar-refractivity contribution in [3.8, 4) is 0 Å². The van der Waals surface area contributed by atoms with Crippen LogP contribution in [-0.2, 0) is 6.61 Å². The minimum Gasteiger partial charge on any atom is -0.392 e. The number of carbonyl (C=O) groups excluding carboxylic acids is 1. The van der Waals surface area contributed by atoms with Crippen LogP contribution in [0, 0.1) is 0 Å². The quantitative estimate of drug-likeness (QED) is 0.752. The molecule has 1 aliphatic heterocycles. The highest BCUT2D eigenvalue weighted by Crippen LogP contribution is 2.28. The smallest absolute Gasteiger partial charge is 0.259 e. The van der Waals surface area contributed by atoms with Crippen LogP contribution in [-0.4, -0.2) is 34.0 Å². The number of likely N-dealkylation sites (tertiary alicyclic amines) is 1. The van der Waals surface area contributed by atoms with E-state index in [1.165, 1.54) is 11.8 Å². The topological polar surface area (TPSA) is 73.4 Å². The van der Waals surface area contributed by atoms with E-state index in [9.17, 15) is 14.7 Å². The van der Waals surface area contributed by atoms with Crippen molar-refractivity contribution >= 4 is 16.8 Å². The number of benzene rings is 2. The number of hydrogen-bond acceptors (Lipinski definition) is 3. The summed E-state index contributed by atoms with van der Waals surface area (Å²) >= 11 is 0. The minimum atomic E-state index is -0.283. The second-order valence-electron chi connectivity index (χ2n) is 7.01. The maximum atomic E-state index is 12.9. The third-order valence-electron chi connectivity index (χ3n) is 5.45. The lowest BCUT2D eigenvalue weighted by molar-refractivity contribution is 0.0711. The number of rotatable bonds is 3. The van der Waals surface area contributed by atoms with Gasteiger partial charge in [-0.3, -0.25) is 9.59 Å². The van der Waals surface area contributed by atoms with Crippen LogP contribution >= 0.6 is 0 Å². The number of piperidine rings is 1. The molecule has 0 spiro atoms. The van der Waals surface area contributed by atoms with Crippen molar-refractivity contribution in [1.29, 1.82) is 0 Å². The van der Waals surface area contributed by atoms with Crippen LogP contribution < -0.4 is 5.43 Å². The molecule has 0 atom stereocenters. The highest BCUT2D eigenvalue weighted by Gasteiger charge is 2.26. The fourth-order valence-electron chi connectivity index (χ4n) is 3.92. The Labute approximate surface area is 157 Å². The van der Waals surface area contributed by atoms with Gasteiger partial charge in [-0.05, 0) is 30.4 Å². The zero-order chi connectivity index (χ0) is 18.8. The molecule has 4 rings (SSSR count). The van der Waals surface area contributed by atoms with E-state index >= 15 is 0 Å². The van der Waals surface area contributed by atoms with Gasteiger partial charge in [-0.25, -0.2) is 0 Å². The van der Waals surface area contributed by atoms with Crippen LogP contribution in [0.5, 0.6) is 0 Å². The van der Waals surface area contributed by atoms with Crippen molar-refractivity contribution in [2.24, 2.45) is 0 Å². The van der Waals surface area contributed by atoms with E-state index in [0.29, 0.717) is 35.5 Å². The molecule has 27 heavy (non-hydrogen) atoms. The molecule has 2 aromatic carbocycles. The number of hydrogen-bond donors (Lipinski definition) is 2. The van der Waals surface area contributed by atoms with Gasteiger partial charge in [0.25, 0.3) is 5.91 Å². The Morgan fingerprint density at radius 3 is 2.52 bits per heavy atom. The maximum Gasteiger partial charge on any atom is 0.259 e. The molecule has 1 amide bonds. The van der Waals surface area contributed by atoms with Crippen LogP contribution in [0.3, 0.4) is 0 Å². The molecule has 0 bridgehead atoms. The summed E-state index contributed by atoms with van der Waals surface area (Å²) in [5, 5.41) is 9.87. The van der Waals surface area contributed by atoms with Crippen molar-refractivity contribution in [3.05, 3.63) is 81.6 Å². The molecule has 0 aliphatic carbocycles. The largest absolute Gasteiger partial charge is 0.392 e. The lowest BCUT2D eigenvalue weighted by atomic mass is 9.89. The van der Waals surface area contributed by atoms with E-state index in [4.69, 9.17) is 0 Å². The molecule has 138 valence electrons. The van der Waals surface area contributed by atoms with Gasteiger partial charge in [-0.1, -0.05) is 42.5 Å². The summed E-state index contributed by atoms with van der Waals surface area (Å²) in [7, 11) is 0. The standard InChI is InChI=1S/C22H22N2O3/c25-14-17-7-4-8-18-20(17)23-13-19(21(18)26)22(27)24-11-9-16(10-12-24)15-5-2-1-3-6-15/h1-8,13,16,25H,9-12,14H2,(H,23,26). The molecular formula is C22H22N2O3. The number of nitrogens with zero attached hydrogens (tertiary/aromatic N) is 1. The molecule has 0 radical (unpaired) electrons. The number of fused-ring (bicyclic) bond motifs is 1. The molecule has 1 aliphatic rings. The van der Waals surface area contributed by atoms with Gasteiger partial charge in [0.1, 0.15) is 5.56 Å². The molecule has 0 unspecified atom stereocenters. The lowest BCUT2D eigenvalue weighted by Gasteiger charge is -2.32. The van der Waals surface area contributed by atoms with E-state index < -0.39 is 0 Å². The van der Waals surface area contributed by atoms with Gasteiger partial charge in [-0.2, -0.15) is 0 Å². The summed E-state index contributed by atoms with van der Waals surface area (Å²) in [6, 6.07) is 15.5. The summed E-state index contributed by atoms with van der Waals surface area (Å²) < 4.78 is 0. The normalized spacial score (nSPS) is 15.2. The predicted octanol–water partition coefficient (Wildman–Crippen LogP) is 3.04. The van der Waals surface area contributed by atoms with Gasteiger partial charge in [0.2, 0.25) is 5.43 Å². The van der Waals surface area contributed by atoms with Gasteiger partial charge in [-0.15, -0.1) is 0 Å². The molecule has 1 aromatic heterocycles. The van der Waals surface area contributed by atoms with Crippen LogP contribution in [0.2, 0.25) is 0 Å². The predicted molar refractivity (Wildman–Crippen MR) is 105 cm³/mol. The fourth-order valence-corrected chi connectivity index (χ4v) is 3.92. The van der Waals surface area contributed by atoms with Gasteiger partial charge < -0.3 is 15.0 Å². The van der Waals surface area contributed by atoms with Crippen molar-refractivity contribution in [2.75, 3.05) is 13.1 Å². The number of aromatic nitrogens is 1. The zero-order valence-corrected chi connectivity index (χ0v) is 15.0. The Hall–Kier alpha value is -2.92. The number of H-pyrrole nitrogens is 1. The highest BCUT2D eigenvalue weighted by atomic mass is 16.3. The molecule has 0 saturated carbocycles. The second-order valence-corrected chi connectivity index (χ2v) is 7.01. The maximum absolute atomic E-state index is 12.9. The van der Waals surface area contributed by atoms with E-state index in [0.717, 1.165) is 12.8 Å². The molecular weight excluding hydrogens is 340 g/mol. The minimum absolute atomic E-state index is 0.159. The Morgan fingerprint density at radius 2 is 1.81 bits per heavy atom. The molecule has 5 heteroatoms. The average molecular weight is 362 g/mol. The number of aliphatic hydroxyl groups is 1. The number of para-hydroxylation sites is 1. The summed E-state index contributed by atoms with van der Waals surface area (Å²) in [6.45, 7) is 1.13. The van der Waals surface area contributed by atoms with Gasteiger partial charge in [0.15, 0.2) is 0 Å². The summed E-state index contributed by atoms with van der Waals surface area (Å²) in [4.78, 5) is 30.5. The molecule has 3 aromatic rings. The van der Waals surface area contributed by atoms with E-state index in [-0.39, 0.29) is 23.5 Å². The average Bonchev–Trinajstić information content (AvgIpc) is 2.74. The summed E-state index contributed by atoms with van der Waals surface area (Å²) in [5.41, 5.74) is 2.42. The Bertz CT molecular complexity index is 1020. The molecule has 2 heterocycles. The van der Waals surface area contributed by atoms with E-state index in [1.807, 2.05) is 18.2 Å². The van der Waals surface area contributed by atoms with Gasteiger partial charge >= 0.3 is 0 Å². The van der Waals surface area contributed by atoms with Crippen LogP contribution in [0.1, 0.15) is 40.2 Å². The van der Waals surface area contributed by atoms with Crippen molar-refractivity contribution in [3.63, 3.8) is 0 Å². The number of pyridine rings is 1. The first-order valence-corrected chi connectivity index (χ1v) is 9.27. The number of aromatic amines is 1. The zero-order valence-electron chi connectivity index (χ0n) is 15.0. The van der Waals surface area contributed by atoms with Crippen molar-refractivity contribution in [1.82, 2.24) is 9.88 Å². The molecule has 5 nitrogen and oxygen atoms in total. The Morgan fingerprint density at radius 1 is 1.07 bits per heavy atom. The molecule has 1 fully saturated rings. The Balaban J connectivity index is 1.55. The summed E-state index contributed by atoms with van der Waals surface area (Å²) in [6.07, 6.45) is 3.28. The van der Waals surface area contributed by atoms with Crippen molar-refractivity contribution < 1.29 is 9.90 Å².